The molecule has 0 spiro atoms. The molecule has 1 aromatic carbocycles. The minimum absolute atomic E-state index is 0.0561. The molecule has 1 aromatic rings. The zero-order valence-corrected chi connectivity index (χ0v) is 10.5. The number of phenols is 1. The smallest absolute Gasteiger partial charge is 0.318 e. The predicted molar refractivity (Wildman–Crippen MR) is 66.4 cm³/mol. The summed E-state index contributed by atoms with van der Waals surface area (Å²) in [6, 6.07) is 4.30. The average molecular weight is 268 g/mol. The first-order chi connectivity index (χ1) is 8.95. The summed E-state index contributed by atoms with van der Waals surface area (Å²) < 4.78 is 5.28. The Labute approximate surface area is 110 Å². The topological polar surface area (TPSA) is 104 Å². The number of hydrogen-bond acceptors (Lipinski definition) is 4. The van der Waals surface area contributed by atoms with Gasteiger partial charge in [-0.15, -0.1) is 0 Å². The zero-order chi connectivity index (χ0) is 14.4. The van der Waals surface area contributed by atoms with Crippen molar-refractivity contribution in [2.75, 3.05) is 6.61 Å². The monoisotopic (exact) mass is 268 g/mol. The molecule has 0 fully saturated rings. The minimum atomic E-state index is -1.51. The van der Waals surface area contributed by atoms with Crippen molar-refractivity contribution in [3.05, 3.63) is 23.8 Å². The van der Waals surface area contributed by atoms with E-state index in [9.17, 15) is 14.7 Å². The summed E-state index contributed by atoms with van der Waals surface area (Å²) in [6.45, 7) is 2.32. The van der Waals surface area contributed by atoms with Crippen molar-refractivity contribution in [3.8, 4) is 11.5 Å². The lowest BCUT2D eigenvalue weighted by molar-refractivity contribution is -0.154. The number of carboxylic acids is 2. The second-order valence-electron chi connectivity index (χ2n) is 4.08. The Hall–Kier alpha value is -2.24. The van der Waals surface area contributed by atoms with Gasteiger partial charge in [-0.05, 0) is 30.5 Å². The summed E-state index contributed by atoms with van der Waals surface area (Å²) in [5.74, 6) is -4.12. The van der Waals surface area contributed by atoms with Crippen LogP contribution in [0.1, 0.15) is 18.9 Å². The highest BCUT2D eigenvalue weighted by atomic mass is 16.5. The molecule has 0 saturated heterocycles. The normalized spacial score (nSPS) is 10.4. The Morgan fingerprint density at radius 2 is 1.89 bits per heavy atom. The van der Waals surface area contributed by atoms with Crippen molar-refractivity contribution in [3.63, 3.8) is 0 Å². The summed E-state index contributed by atoms with van der Waals surface area (Å²) in [5.41, 5.74) is 0.485. The highest BCUT2D eigenvalue weighted by Crippen LogP contribution is 2.28. The lowest BCUT2D eigenvalue weighted by Gasteiger charge is -2.11. The maximum absolute atomic E-state index is 10.8. The largest absolute Gasteiger partial charge is 0.504 e. The van der Waals surface area contributed by atoms with E-state index in [2.05, 4.69) is 0 Å². The molecule has 6 nitrogen and oxygen atoms in total. The molecule has 104 valence electrons. The van der Waals surface area contributed by atoms with E-state index in [1.54, 1.807) is 0 Å². The molecule has 0 aliphatic rings. The third kappa shape index (κ3) is 4.17. The summed E-state index contributed by atoms with van der Waals surface area (Å²) >= 11 is 0. The maximum atomic E-state index is 10.8. The summed E-state index contributed by atoms with van der Waals surface area (Å²) in [4.78, 5) is 21.6. The van der Waals surface area contributed by atoms with Gasteiger partial charge in [-0.3, -0.25) is 9.59 Å². The number of hydrogen-bond donors (Lipinski definition) is 3. The number of carbonyl (C=O) groups is 2. The van der Waals surface area contributed by atoms with Gasteiger partial charge < -0.3 is 20.1 Å². The number of rotatable bonds is 7. The molecule has 0 amide bonds. The van der Waals surface area contributed by atoms with Gasteiger partial charge in [-0.1, -0.05) is 13.0 Å². The number of ether oxygens (including phenoxy) is 1. The van der Waals surface area contributed by atoms with Gasteiger partial charge in [0, 0.05) is 0 Å². The molecule has 0 atom stereocenters. The third-order valence-electron chi connectivity index (χ3n) is 2.52. The quantitative estimate of drug-likeness (QED) is 0.647. The van der Waals surface area contributed by atoms with Crippen molar-refractivity contribution < 1.29 is 29.6 Å². The van der Waals surface area contributed by atoms with Crippen molar-refractivity contribution in [1.29, 1.82) is 0 Å². The SMILES string of the molecule is CCCOc1cc(CC(C(=O)O)C(=O)O)ccc1O. The molecule has 0 radical (unpaired) electrons. The molecular formula is C13H16O6. The Balaban J connectivity index is 2.89. The van der Waals surface area contributed by atoms with Gasteiger partial charge in [-0.25, -0.2) is 0 Å². The lowest BCUT2D eigenvalue weighted by atomic mass is 9.99. The average Bonchev–Trinajstić information content (AvgIpc) is 2.35. The van der Waals surface area contributed by atoms with Gasteiger partial charge in [0.1, 0.15) is 0 Å². The molecule has 19 heavy (non-hydrogen) atoms. The van der Waals surface area contributed by atoms with Crippen LogP contribution in [0.4, 0.5) is 0 Å². The second kappa shape index (κ2) is 6.63. The van der Waals surface area contributed by atoms with Crippen LogP contribution in [-0.2, 0) is 16.0 Å². The number of phenolic OH excluding ortho intramolecular Hbond substituents is 1. The van der Waals surface area contributed by atoms with Crippen LogP contribution >= 0.6 is 0 Å². The molecule has 0 unspecified atom stereocenters. The molecule has 0 heterocycles. The maximum Gasteiger partial charge on any atom is 0.318 e. The van der Waals surface area contributed by atoms with E-state index >= 15 is 0 Å². The molecule has 0 aromatic heterocycles. The second-order valence-corrected chi connectivity index (χ2v) is 4.08. The van der Waals surface area contributed by atoms with E-state index < -0.39 is 17.9 Å². The van der Waals surface area contributed by atoms with Crippen molar-refractivity contribution in [2.24, 2.45) is 5.92 Å². The first kappa shape index (κ1) is 14.8. The van der Waals surface area contributed by atoms with Crippen LogP contribution in [0.25, 0.3) is 0 Å². The summed E-state index contributed by atoms with van der Waals surface area (Å²) in [6.07, 6.45) is 0.601. The number of carboxylic acid groups (broad SMARTS) is 2. The van der Waals surface area contributed by atoms with Crippen LogP contribution in [0.3, 0.4) is 0 Å². The predicted octanol–water partition coefficient (Wildman–Crippen LogP) is 1.51. The third-order valence-corrected chi connectivity index (χ3v) is 2.52. The van der Waals surface area contributed by atoms with Crippen LogP contribution in [0.2, 0.25) is 0 Å². The molecule has 3 N–H and O–H groups in total. The molecule has 1 rings (SSSR count). The highest BCUT2D eigenvalue weighted by Gasteiger charge is 2.26. The van der Waals surface area contributed by atoms with Gasteiger partial charge in [0.2, 0.25) is 0 Å². The fourth-order valence-electron chi connectivity index (χ4n) is 1.53. The zero-order valence-electron chi connectivity index (χ0n) is 10.5. The Kier molecular flexibility index (Phi) is 5.17. The standard InChI is InChI=1S/C13H16O6/c1-2-5-19-11-7-8(3-4-10(11)14)6-9(12(15)16)13(17)18/h3-4,7,9,14H,2,5-6H2,1H3,(H,15,16)(H,17,18). The van der Waals surface area contributed by atoms with Gasteiger partial charge in [-0.2, -0.15) is 0 Å². The van der Waals surface area contributed by atoms with E-state index in [1.165, 1.54) is 18.2 Å². The van der Waals surface area contributed by atoms with E-state index in [-0.39, 0.29) is 17.9 Å². The van der Waals surface area contributed by atoms with Gasteiger partial charge in [0.25, 0.3) is 0 Å². The van der Waals surface area contributed by atoms with Gasteiger partial charge in [0.15, 0.2) is 17.4 Å². The molecule has 0 saturated carbocycles. The fourth-order valence-corrected chi connectivity index (χ4v) is 1.53. The Bertz CT molecular complexity index is 454. The van der Waals surface area contributed by atoms with E-state index in [4.69, 9.17) is 14.9 Å². The van der Waals surface area contributed by atoms with Crippen LogP contribution in [0.5, 0.6) is 11.5 Å². The fraction of sp³-hybridized carbons (Fsp3) is 0.385. The van der Waals surface area contributed by atoms with Crippen molar-refractivity contribution >= 4 is 11.9 Å². The van der Waals surface area contributed by atoms with Crippen LogP contribution in [0.15, 0.2) is 18.2 Å². The van der Waals surface area contributed by atoms with Crippen molar-refractivity contribution in [1.82, 2.24) is 0 Å². The van der Waals surface area contributed by atoms with Gasteiger partial charge >= 0.3 is 11.9 Å². The number of aromatic hydroxyl groups is 1. The first-order valence-corrected chi connectivity index (χ1v) is 5.86. The molecular weight excluding hydrogens is 252 g/mol. The Morgan fingerprint density at radius 3 is 2.42 bits per heavy atom. The molecule has 0 aliphatic heterocycles. The molecule has 0 bridgehead atoms. The molecule has 6 heteroatoms. The van der Waals surface area contributed by atoms with E-state index in [0.717, 1.165) is 6.42 Å². The minimum Gasteiger partial charge on any atom is -0.504 e. The summed E-state index contributed by atoms with van der Waals surface area (Å²) in [7, 11) is 0. The van der Waals surface area contributed by atoms with Crippen molar-refractivity contribution in [2.45, 2.75) is 19.8 Å². The first-order valence-electron chi connectivity index (χ1n) is 5.86. The van der Waals surface area contributed by atoms with Crippen LogP contribution in [0, 0.1) is 5.92 Å². The van der Waals surface area contributed by atoms with E-state index in [1.807, 2.05) is 6.92 Å². The molecule has 0 aliphatic carbocycles. The summed E-state index contributed by atoms with van der Waals surface area (Å²) in [5, 5.41) is 27.2. The number of aliphatic carboxylic acids is 2. The van der Waals surface area contributed by atoms with Gasteiger partial charge in [0.05, 0.1) is 6.61 Å². The van der Waals surface area contributed by atoms with Crippen LogP contribution in [-0.4, -0.2) is 33.9 Å². The van der Waals surface area contributed by atoms with Crippen LogP contribution < -0.4 is 4.74 Å². The highest BCUT2D eigenvalue weighted by molar-refractivity contribution is 5.93. The van der Waals surface area contributed by atoms with E-state index in [0.29, 0.717) is 12.2 Å². The lowest BCUT2D eigenvalue weighted by Crippen LogP contribution is -2.25. The number of benzene rings is 1. The Morgan fingerprint density at radius 1 is 1.26 bits per heavy atom.